The van der Waals surface area contributed by atoms with Crippen LogP contribution in [0.25, 0.3) is 11.4 Å². The van der Waals surface area contributed by atoms with Gasteiger partial charge in [0.25, 0.3) is 0 Å². The summed E-state index contributed by atoms with van der Waals surface area (Å²) >= 11 is 0. The molecule has 1 heterocycles. The smallest absolute Gasteiger partial charge is 0.230 e. The van der Waals surface area contributed by atoms with E-state index >= 15 is 0 Å². The van der Waals surface area contributed by atoms with Gasteiger partial charge in [0.1, 0.15) is 17.9 Å². The van der Waals surface area contributed by atoms with E-state index in [4.69, 9.17) is 4.74 Å². The van der Waals surface area contributed by atoms with Crippen molar-refractivity contribution in [2.45, 2.75) is 45.3 Å². The van der Waals surface area contributed by atoms with Crippen molar-refractivity contribution in [2.24, 2.45) is 5.92 Å². The van der Waals surface area contributed by atoms with E-state index in [1.165, 1.54) is 24.7 Å². The van der Waals surface area contributed by atoms with Crippen LogP contribution in [-0.2, 0) is 15.6 Å². The van der Waals surface area contributed by atoms with Crippen LogP contribution in [-0.4, -0.2) is 36.2 Å². The topological polar surface area (TPSA) is 94.1 Å². The second kappa shape index (κ2) is 11.9. The molecule has 0 amide bonds. The van der Waals surface area contributed by atoms with Crippen molar-refractivity contribution in [3.05, 3.63) is 60.2 Å². The van der Waals surface area contributed by atoms with Gasteiger partial charge < -0.3 is 10.1 Å². The lowest BCUT2D eigenvalue weighted by atomic mass is 9.98. The zero-order valence-corrected chi connectivity index (χ0v) is 20.6. The highest BCUT2D eigenvalue weighted by atomic mass is 32.2. The molecule has 0 aliphatic carbocycles. The van der Waals surface area contributed by atoms with E-state index in [0.29, 0.717) is 40.9 Å². The van der Waals surface area contributed by atoms with Gasteiger partial charge in [-0.25, -0.2) is 22.8 Å². The predicted octanol–water partition coefficient (Wildman–Crippen LogP) is 5.81. The largest absolute Gasteiger partial charge is 0.493 e. The van der Waals surface area contributed by atoms with Crippen LogP contribution in [0.3, 0.4) is 0 Å². The summed E-state index contributed by atoms with van der Waals surface area (Å²) in [5.41, 5.74) is 1.88. The first kappa shape index (κ1) is 25.6. The predicted molar refractivity (Wildman–Crippen MR) is 134 cm³/mol. The maximum absolute atomic E-state index is 14.0. The van der Waals surface area contributed by atoms with Crippen LogP contribution in [0.2, 0.25) is 0 Å². The maximum Gasteiger partial charge on any atom is 0.230 e. The molecule has 1 aromatic heterocycles. The second-order valence-electron chi connectivity index (χ2n) is 8.37. The lowest BCUT2D eigenvalue weighted by Crippen LogP contribution is -2.08. The summed E-state index contributed by atoms with van der Waals surface area (Å²) in [4.78, 5) is 12.9. The number of nitrogens with zero attached hydrogens (tertiary/aromatic N) is 3. The molecule has 0 radical (unpaired) electrons. The molecule has 1 unspecified atom stereocenters. The average molecular weight is 489 g/mol. The van der Waals surface area contributed by atoms with Gasteiger partial charge in [0.15, 0.2) is 15.7 Å². The van der Waals surface area contributed by atoms with Gasteiger partial charge in [0.05, 0.1) is 17.9 Å². The van der Waals surface area contributed by atoms with E-state index < -0.39 is 15.7 Å². The summed E-state index contributed by atoms with van der Waals surface area (Å²) < 4.78 is 43.1. The molecule has 0 spiro atoms. The third kappa shape index (κ3) is 7.76. The Morgan fingerprint density at radius 2 is 1.94 bits per heavy atom. The summed E-state index contributed by atoms with van der Waals surface area (Å²) in [5.74, 6) is 1.14. The highest BCUT2D eigenvalue weighted by Gasteiger charge is 2.14. The molecule has 0 aliphatic rings. The zero-order valence-electron chi connectivity index (χ0n) is 19.8. The molecule has 0 saturated carbocycles. The minimum Gasteiger partial charge on any atom is -0.493 e. The van der Waals surface area contributed by atoms with Crippen LogP contribution in [0.15, 0.2) is 48.8 Å². The van der Waals surface area contributed by atoms with Gasteiger partial charge in [0, 0.05) is 19.4 Å². The molecule has 0 saturated heterocycles. The van der Waals surface area contributed by atoms with Crippen LogP contribution in [0.1, 0.15) is 46.5 Å². The summed E-state index contributed by atoms with van der Waals surface area (Å²) in [6.07, 6.45) is 6.81. The molecular formula is C25H33FN4O3S. The Balaban J connectivity index is 0.00000432. The first-order chi connectivity index (χ1) is 16.3. The summed E-state index contributed by atoms with van der Waals surface area (Å²) in [6, 6.07) is 11.3. The number of anilines is 2. The number of ether oxygens (including phenoxy) is 1. The Labute approximate surface area is 202 Å². The van der Waals surface area contributed by atoms with E-state index in [1.54, 1.807) is 30.3 Å². The number of halogens is 1. The van der Waals surface area contributed by atoms with Crippen LogP contribution < -0.4 is 10.1 Å². The van der Waals surface area contributed by atoms with Crippen LogP contribution in [0.4, 0.5) is 16.0 Å². The van der Waals surface area contributed by atoms with Crippen LogP contribution in [0.5, 0.6) is 5.75 Å². The molecule has 1 atom stereocenters. The van der Waals surface area contributed by atoms with E-state index in [1.807, 2.05) is 0 Å². The number of aromatic nitrogens is 3. The average Bonchev–Trinajstić information content (AvgIpc) is 2.78. The van der Waals surface area contributed by atoms with Gasteiger partial charge in [-0.2, -0.15) is 4.98 Å². The summed E-state index contributed by atoms with van der Waals surface area (Å²) in [7, 11) is -3.15. The normalized spacial score (nSPS) is 12.4. The van der Waals surface area contributed by atoms with Crippen molar-refractivity contribution in [2.75, 3.05) is 18.2 Å². The number of hydrogen-bond acceptors (Lipinski definition) is 7. The fraction of sp³-hybridized carbons (Fsp3) is 0.400. The molecule has 34 heavy (non-hydrogen) atoms. The summed E-state index contributed by atoms with van der Waals surface area (Å²) in [5, 5.41) is 3.08. The van der Waals surface area contributed by atoms with Gasteiger partial charge in [-0.1, -0.05) is 45.2 Å². The maximum atomic E-state index is 14.0. The number of benzene rings is 2. The van der Waals surface area contributed by atoms with E-state index in [9.17, 15) is 12.8 Å². The van der Waals surface area contributed by atoms with Gasteiger partial charge >= 0.3 is 0 Å². The number of hydrogen-bond donors (Lipinski definition) is 1. The molecule has 3 rings (SSSR count). The fourth-order valence-corrected chi connectivity index (χ4v) is 4.54. The lowest BCUT2D eigenvalue weighted by Gasteiger charge is -2.16. The minimum atomic E-state index is -3.15. The first-order valence-corrected chi connectivity index (χ1v) is 13.5. The highest BCUT2D eigenvalue weighted by Crippen LogP contribution is 2.30. The molecule has 1 N–H and O–H groups in total. The van der Waals surface area contributed by atoms with Gasteiger partial charge in [-0.05, 0) is 42.2 Å². The molecule has 0 aliphatic heterocycles. The molecule has 0 bridgehead atoms. The lowest BCUT2D eigenvalue weighted by molar-refractivity contribution is 0.268. The van der Waals surface area contributed by atoms with Crippen molar-refractivity contribution in [1.29, 1.82) is 0 Å². The molecule has 9 heteroatoms. The molecule has 3 aromatic rings. The molecule has 7 nitrogen and oxygen atoms in total. The van der Waals surface area contributed by atoms with Crippen molar-refractivity contribution >= 4 is 21.5 Å². The minimum absolute atomic E-state index is 0. The Morgan fingerprint density at radius 3 is 2.68 bits per heavy atom. The van der Waals surface area contributed by atoms with Crippen molar-refractivity contribution in [3.63, 3.8) is 0 Å². The zero-order chi connectivity index (χ0) is 24.6. The second-order valence-corrected chi connectivity index (χ2v) is 10.5. The molecule has 184 valence electrons. The Kier molecular flexibility index (Phi) is 8.92. The highest BCUT2D eigenvalue weighted by molar-refractivity contribution is 7.89. The number of rotatable bonds is 12. The monoisotopic (exact) mass is 488 g/mol. The molecule has 0 fully saturated rings. The van der Waals surface area contributed by atoms with E-state index in [2.05, 4.69) is 34.1 Å². The van der Waals surface area contributed by atoms with Gasteiger partial charge in [-0.15, -0.1) is 0 Å². The van der Waals surface area contributed by atoms with Crippen LogP contribution >= 0.6 is 0 Å². The number of nitrogens with one attached hydrogen (secondary N) is 1. The third-order valence-corrected chi connectivity index (χ3v) is 6.28. The van der Waals surface area contributed by atoms with E-state index in [-0.39, 0.29) is 13.1 Å². The van der Waals surface area contributed by atoms with Crippen molar-refractivity contribution < 1.29 is 19.0 Å². The van der Waals surface area contributed by atoms with Gasteiger partial charge in [-0.3, -0.25) is 0 Å². The van der Waals surface area contributed by atoms with E-state index in [0.717, 1.165) is 25.7 Å². The van der Waals surface area contributed by atoms with Crippen molar-refractivity contribution in [3.8, 4) is 17.1 Å². The summed E-state index contributed by atoms with van der Waals surface area (Å²) in [6.45, 7) is 4.82. The first-order valence-electron chi connectivity index (χ1n) is 11.4. The Hall–Kier alpha value is -3.07. The molecule has 2 aromatic carbocycles. The third-order valence-electron chi connectivity index (χ3n) is 5.43. The Morgan fingerprint density at radius 1 is 1.12 bits per heavy atom. The van der Waals surface area contributed by atoms with Crippen molar-refractivity contribution in [1.82, 2.24) is 15.0 Å². The van der Waals surface area contributed by atoms with Gasteiger partial charge in [0.2, 0.25) is 5.95 Å². The fourth-order valence-electron chi connectivity index (χ4n) is 3.75. The molecular weight excluding hydrogens is 455 g/mol. The number of sulfone groups is 1. The standard InChI is InChI=1S/C25H31FN4O3S.H2/c1-4-7-18(5-2)12-13-33-23-15-20(26)10-11-22(23)24-27-17-28-25(30-24)29-21-9-6-8-19(14-21)16-34(3,31)32;/h6,8-11,14-15,17-18H,4-5,7,12-13,16H2,1-3H3,(H,27,28,29,30);1H. The SMILES string of the molecule is CCCC(CC)CCOc1cc(F)ccc1-c1ncnc(Nc2cccc(CS(C)(=O)=O)c2)n1.[HH]. The van der Waals surface area contributed by atoms with Crippen LogP contribution in [0, 0.1) is 11.7 Å². The Bertz CT molecular complexity index is 1210. The quantitative estimate of drug-likeness (QED) is 0.344.